The topological polar surface area (TPSA) is 66.1 Å². The van der Waals surface area contributed by atoms with E-state index in [-0.39, 0.29) is 0 Å². The molecule has 168 valence electrons. The molecule has 0 atom stereocenters. The van der Waals surface area contributed by atoms with E-state index in [0.29, 0.717) is 6.54 Å². The van der Waals surface area contributed by atoms with Crippen LogP contribution in [-0.2, 0) is 13.0 Å². The lowest BCUT2D eigenvalue weighted by molar-refractivity contribution is 0.243. The molecule has 0 fully saturated rings. The van der Waals surface area contributed by atoms with Crippen LogP contribution < -0.4 is 0 Å². The Labute approximate surface area is 195 Å². The van der Waals surface area contributed by atoms with Crippen molar-refractivity contribution in [1.29, 1.82) is 0 Å². The largest absolute Gasteiger partial charge is 0.297 e. The molecule has 0 saturated carbocycles. The second kappa shape index (κ2) is 9.71. The highest BCUT2D eigenvalue weighted by molar-refractivity contribution is 5.87. The first kappa shape index (κ1) is 21.6. The molecule has 0 N–H and O–H groups in total. The molecule has 1 aromatic heterocycles. The normalized spacial score (nSPS) is 15.5. The van der Waals surface area contributed by atoms with Crippen LogP contribution in [0.4, 0.5) is 0 Å². The van der Waals surface area contributed by atoms with Gasteiger partial charge >= 0.3 is 0 Å². The Morgan fingerprint density at radius 3 is 2.03 bits per heavy atom. The molecule has 0 spiro atoms. The van der Waals surface area contributed by atoms with Crippen LogP contribution in [0.5, 0.6) is 0 Å². The number of unbranched alkanes of at least 4 members (excludes halogenated alkanes) is 1. The minimum atomic E-state index is 0.678. The second-order valence-electron chi connectivity index (χ2n) is 9.08. The van der Waals surface area contributed by atoms with Crippen LogP contribution in [0.3, 0.4) is 0 Å². The van der Waals surface area contributed by atoms with Crippen LogP contribution in [0.15, 0.2) is 64.0 Å². The fourth-order valence-electron chi connectivity index (χ4n) is 4.44. The first-order valence-corrected chi connectivity index (χ1v) is 11.8. The van der Waals surface area contributed by atoms with Gasteiger partial charge in [0, 0.05) is 30.6 Å². The van der Waals surface area contributed by atoms with Crippen molar-refractivity contribution in [3.8, 4) is 22.5 Å². The van der Waals surface area contributed by atoms with Gasteiger partial charge in [0.15, 0.2) is 0 Å². The quantitative estimate of drug-likeness (QED) is 0.439. The molecule has 0 amide bonds. The van der Waals surface area contributed by atoms with Gasteiger partial charge < -0.3 is 0 Å². The maximum Gasteiger partial charge on any atom is 0.102 e. The van der Waals surface area contributed by atoms with Crippen LogP contribution in [-0.4, -0.2) is 40.2 Å². The summed E-state index contributed by atoms with van der Waals surface area (Å²) in [6.07, 6.45) is 4.21. The van der Waals surface area contributed by atoms with E-state index in [1.807, 2.05) is 0 Å². The average Bonchev–Trinajstić information content (AvgIpc) is 3.36. The van der Waals surface area contributed by atoms with Gasteiger partial charge in [-0.05, 0) is 44.9 Å². The summed E-state index contributed by atoms with van der Waals surface area (Å²) < 4.78 is 0. The Balaban J connectivity index is 1.37. The molecular weight excluding hydrogens is 408 g/mol. The average molecular weight is 439 g/mol. The summed E-state index contributed by atoms with van der Waals surface area (Å²) in [6.45, 7) is 7.87. The highest BCUT2D eigenvalue weighted by Crippen LogP contribution is 2.32. The lowest BCUT2D eigenvalue weighted by Crippen LogP contribution is -2.33. The standard InChI is InChI=1S/C27H30N6/c1-19-6-10-21(11-7-19)26-27(22-12-8-20(2)9-13-22)30-25-18-33(16-14-24(25)29-26)15-4-3-5-23-17-28-32-31-23/h6-13H,3-5,14-18H2,1-2H3. The number of rotatable bonds is 7. The van der Waals surface area contributed by atoms with E-state index in [0.717, 1.165) is 84.9 Å². The van der Waals surface area contributed by atoms with Gasteiger partial charge in [-0.2, -0.15) is 5.11 Å². The SMILES string of the molecule is Cc1ccc(-c2nc3c(nc2-c2ccc(C)cc2)CN(CCCCC2=NN=NC2)CC3)cc1. The predicted molar refractivity (Wildman–Crippen MR) is 132 cm³/mol. The summed E-state index contributed by atoms with van der Waals surface area (Å²) in [7, 11) is 0. The van der Waals surface area contributed by atoms with Crippen molar-refractivity contribution in [2.75, 3.05) is 19.6 Å². The van der Waals surface area contributed by atoms with E-state index in [9.17, 15) is 0 Å². The molecule has 0 saturated heterocycles. The molecule has 3 aromatic rings. The zero-order chi connectivity index (χ0) is 22.6. The highest BCUT2D eigenvalue weighted by atomic mass is 15.4. The fraction of sp³-hybridized carbons (Fsp3) is 0.370. The Hall–Kier alpha value is -3.25. The van der Waals surface area contributed by atoms with Crippen LogP contribution in [0.1, 0.15) is 41.8 Å². The first-order valence-electron chi connectivity index (χ1n) is 11.8. The number of nitrogens with zero attached hydrogens (tertiary/aromatic N) is 6. The van der Waals surface area contributed by atoms with Crippen molar-refractivity contribution in [3.05, 3.63) is 71.0 Å². The molecule has 6 nitrogen and oxygen atoms in total. The van der Waals surface area contributed by atoms with Crippen LogP contribution in [0.25, 0.3) is 22.5 Å². The third-order valence-electron chi connectivity index (χ3n) is 6.43. The molecule has 2 aromatic carbocycles. The van der Waals surface area contributed by atoms with Crippen molar-refractivity contribution in [2.45, 2.75) is 46.1 Å². The Morgan fingerprint density at radius 2 is 1.42 bits per heavy atom. The predicted octanol–water partition coefficient (Wildman–Crippen LogP) is 5.78. The van der Waals surface area contributed by atoms with E-state index in [4.69, 9.17) is 9.97 Å². The Morgan fingerprint density at radius 1 is 0.788 bits per heavy atom. The van der Waals surface area contributed by atoms with Crippen LogP contribution in [0, 0.1) is 13.8 Å². The van der Waals surface area contributed by atoms with Gasteiger partial charge in [-0.25, -0.2) is 9.97 Å². The first-order chi connectivity index (χ1) is 16.2. The summed E-state index contributed by atoms with van der Waals surface area (Å²) in [5, 5.41) is 11.7. The number of hydrogen-bond donors (Lipinski definition) is 0. The van der Waals surface area contributed by atoms with Gasteiger partial charge in [-0.1, -0.05) is 59.7 Å². The molecule has 33 heavy (non-hydrogen) atoms. The van der Waals surface area contributed by atoms with Crippen molar-refractivity contribution in [3.63, 3.8) is 0 Å². The van der Waals surface area contributed by atoms with Crippen molar-refractivity contribution in [1.82, 2.24) is 14.9 Å². The number of aryl methyl sites for hydroxylation is 2. The molecule has 5 rings (SSSR count). The van der Waals surface area contributed by atoms with Gasteiger partial charge in [-0.15, -0.1) is 5.10 Å². The van der Waals surface area contributed by atoms with Crippen molar-refractivity contribution >= 4 is 5.71 Å². The summed E-state index contributed by atoms with van der Waals surface area (Å²) in [6, 6.07) is 17.2. The maximum absolute atomic E-state index is 5.21. The van der Waals surface area contributed by atoms with Crippen molar-refractivity contribution < 1.29 is 0 Å². The van der Waals surface area contributed by atoms with E-state index >= 15 is 0 Å². The third kappa shape index (κ3) is 5.06. The molecule has 0 bridgehead atoms. The third-order valence-corrected chi connectivity index (χ3v) is 6.43. The Kier molecular flexibility index (Phi) is 6.35. The molecule has 6 heteroatoms. The molecule has 2 aliphatic heterocycles. The minimum Gasteiger partial charge on any atom is -0.297 e. The van der Waals surface area contributed by atoms with E-state index in [2.05, 4.69) is 82.7 Å². The number of fused-ring (bicyclic) bond motifs is 1. The molecule has 0 unspecified atom stereocenters. The summed E-state index contributed by atoms with van der Waals surface area (Å²) in [4.78, 5) is 12.9. The maximum atomic E-state index is 5.21. The van der Waals surface area contributed by atoms with Crippen molar-refractivity contribution in [2.24, 2.45) is 15.4 Å². The summed E-state index contributed by atoms with van der Waals surface area (Å²) in [5.41, 5.74) is 10.1. The Bertz CT molecular complexity index is 1180. The van der Waals surface area contributed by atoms with Gasteiger partial charge in [0.2, 0.25) is 0 Å². The monoisotopic (exact) mass is 438 g/mol. The molecule has 0 radical (unpaired) electrons. The number of hydrogen-bond acceptors (Lipinski definition) is 6. The zero-order valence-corrected chi connectivity index (χ0v) is 19.5. The number of aromatic nitrogens is 2. The zero-order valence-electron chi connectivity index (χ0n) is 19.5. The van der Waals surface area contributed by atoms with Gasteiger partial charge in [-0.3, -0.25) is 4.90 Å². The lowest BCUT2D eigenvalue weighted by Gasteiger charge is -2.28. The molecule has 0 aliphatic carbocycles. The van der Waals surface area contributed by atoms with Gasteiger partial charge in [0.25, 0.3) is 0 Å². The van der Waals surface area contributed by atoms with E-state index in [1.165, 1.54) is 11.1 Å². The van der Waals surface area contributed by atoms with Crippen LogP contribution in [0.2, 0.25) is 0 Å². The minimum absolute atomic E-state index is 0.678. The smallest absolute Gasteiger partial charge is 0.102 e. The second-order valence-corrected chi connectivity index (χ2v) is 9.08. The molecule has 3 heterocycles. The molecule has 2 aliphatic rings. The summed E-state index contributed by atoms with van der Waals surface area (Å²) >= 11 is 0. The summed E-state index contributed by atoms with van der Waals surface area (Å²) in [5.74, 6) is 0. The number of benzene rings is 2. The van der Waals surface area contributed by atoms with Gasteiger partial charge in [0.1, 0.15) is 6.54 Å². The fourth-order valence-corrected chi connectivity index (χ4v) is 4.44. The highest BCUT2D eigenvalue weighted by Gasteiger charge is 2.22. The molecular formula is C27H30N6. The van der Waals surface area contributed by atoms with Gasteiger partial charge in [0.05, 0.1) is 28.5 Å². The lowest BCUT2D eigenvalue weighted by atomic mass is 10.0. The van der Waals surface area contributed by atoms with E-state index < -0.39 is 0 Å². The van der Waals surface area contributed by atoms with E-state index in [1.54, 1.807) is 0 Å². The van der Waals surface area contributed by atoms with Crippen LogP contribution >= 0.6 is 0 Å².